The lowest BCUT2D eigenvalue weighted by molar-refractivity contribution is -0.137. The molecule has 2 aromatic carbocycles. The highest BCUT2D eigenvalue weighted by Gasteiger charge is 2.31. The van der Waals surface area contributed by atoms with E-state index in [4.69, 9.17) is 10.5 Å². The summed E-state index contributed by atoms with van der Waals surface area (Å²) in [5.74, 6) is 1.12. The number of hydrogen-bond donors (Lipinski definition) is 2. The number of amides is 1. The number of carbonyl (C=O) groups excluding carboxylic acids is 1. The predicted octanol–water partition coefficient (Wildman–Crippen LogP) is 4.12. The molecule has 0 unspecified atom stereocenters. The molecule has 3 N–H and O–H groups in total. The molecule has 1 aliphatic rings. The summed E-state index contributed by atoms with van der Waals surface area (Å²) in [4.78, 5) is 12.5. The van der Waals surface area contributed by atoms with E-state index in [2.05, 4.69) is 5.32 Å². The third kappa shape index (κ3) is 4.95. The number of nitrogens with two attached hydrogens (primary N) is 1. The fourth-order valence-electron chi connectivity index (χ4n) is 2.79. The van der Waals surface area contributed by atoms with Crippen molar-refractivity contribution in [1.82, 2.24) is 5.32 Å². The molecule has 4 nitrogen and oxygen atoms in total. The first kappa shape index (κ1) is 19.6. The van der Waals surface area contributed by atoms with Crippen LogP contribution < -0.4 is 15.8 Å². The van der Waals surface area contributed by atoms with Crippen molar-refractivity contribution in [3.05, 3.63) is 59.7 Å². The summed E-state index contributed by atoms with van der Waals surface area (Å²) in [6.45, 7) is 0.387. The van der Waals surface area contributed by atoms with Crippen molar-refractivity contribution in [2.75, 3.05) is 12.3 Å². The molecule has 0 aromatic heterocycles. The zero-order chi connectivity index (χ0) is 19.4. The molecule has 1 saturated heterocycles. The van der Waals surface area contributed by atoms with E-state index in [0.29, 0.717) is 12.3 Å². The van der Waals surface area contributed by atoms with Crippen molar-refractivity contribution in [3.8, 4) is 11.5 Å². The van der Waals surface area contributed by atoms with Crippen molar-refractivity contribution >= 4 is 17.7 Å². The Kier molecular flexibility index (Phi) is 5.96. The maximum atomic E-state index is 12.8. The smallest absolute Gasteiger partial charge is 0.416 e. The number of nitrogens with one attached hydrogen (secondary N) is 1. The van der Waals surface area contributed by atoms with Crippen LogP contribution in [0, 0.1) is 0 Å². The van der Waals surface area contributed by atoms with Gasteiger partial charge >= 0.3 is 6.18 Å². The number of alkyl halides is 3. The Morgan fingerprint density at radius 1 is 1.15 bits per heavy atom. The number of hydrogen-bond acceptors (Lipinski definition) is 4. The molecule has 0 aliphatic carbocycles. The van der Waals surface area contributed by atoms with Crippen molar-refractivity contribution in [3.63, 3.8) is 0 Å². The second kappa shape index (κ2) is 8.22. The van der Waals surface area contributed by atoms with E-state index >= 15 is 0 Å². The molecular formula is C19H19F3N2O2S. The molecule has 1 aliphatic heterocycles. The van der Waals surface area contributed by atoms with Gasteiger partial charge in [0.2, 0.25) is 5.91 Å². The van der Waals surface area contributed by atoms with E-state index in [0.717, 1.165) is 29.9 Å². The second-order valence-electron chi connectivity index (χ2n) is 6.18. The van der Waals surface area contributed by atoms with Gasteiger partial charge in [-0.1, -0.05) is 18.2 Å². The van der Waals surface area contributed by atoms with E-state index in [9.17, 15) is 18.0 Å². The van der Waals surface area contributed by atoms with E-state index in [-0.39, 0.29) is 17.7 Å². The van der Waals surface area contributed by atoms with Gasteiger partial charge in [-0.2, -0.15) is 13.2 Å². The third-order valence-electron chi connectivity index (χ3n) is 4.18. The van der Waals surface area contributed by atoms with Gasteiger partial charge in [0.05, 0.1) is 5.56 Å². The molecule has 1 fully saturated rings. The average Bonchev–Trinajstić information content (AvgIpc) is 2.82. The lowest BCUT2D eigenvalue weighted by Crippen LogP contribution is -2.40. The Bertz CT molecular complexity index is 814. The SMILES string of the molecule is NC[C@H]1CCS[C@@H](c2cccc(Oc3cccc(C(F)(F)F)c3)c2)C(=O)N1. The maximum Gasteiger partial charge on any atom is 0.416 e. The first-order chi connectivity index (χ1) is 12.9. The van der Waals surface area contributed by atoms with Crippen molar-refractivity contribution in [1.29, 1.82) is 0 Å². The van der Waals surface area contributed by atoms with Gasteiger partial charge in [0.1, 0.15) is 16.7 Å². The highest BCUT2D eigenvalue weighted by atomic mass is 32.2. The van der Waals surface area contributed by atoms with Gasteiger partial charge < -0.3 is 15.8 Å². The van der Waals surface area contributed by atoms with Gasteiger partial charge in [0, 0.05) is 12.6 Å². The number of halogens is 3. The van der Waals surface area contributed by atoms with Crippen LogP contribution in [-0.2, 0) is 11.0 Å². The van der Waals surface area contributed by atoms with Crippen LogP contribution in [0.15, 0.2) is 48.5 Å². The Balaban J connectivity index is 1.79. The monoisotopic (exact) mass is 396 g/mol. The minimum absolute atomic E-state index is 0.0421. The van der Waals surface area contributed by atoms with Gasteiger partial charge in [-0.3, -0.25) is 4.79 Å². The lowest BCUT2D eigenvalue weighted by atomic mass is 10.1. The molecule has 0 radical (unpaired) electrons. The third-order valence-corrected chi connectivity index (χ3v) is 5.47. The Hall–Kier alpha value is -2.19. The summed E-state index contributed by atoms with van der Waals surface area (Å²) in [5, 5.41) is 2.51. The van der Waals surface area contributed by atoms with Crippen molar-refractivity contribution < 1.29 is 22.7 Å². The topological polar surface area (TPSA) is 64.3 Å². The zero-order valence-electron chi connectivity index (χ0n) is 14.3. The highest BCUT2D eigenvalue weighted by molar-refractivity contribution is 8.00. The predicted molar refractivity (Wildman–Crippen MR) is 98.8 cm³/mol. The number of benzene rings is 2. The molecule has 0 bridgehead atoms. The lowest BCUT2D eigenvalue weighted by Gasteiger charge is -2.16. The summed E-state index contributed by atoms with van der Waals surface area (Å²) in [6, 6.07) is 11.5. The average molecular weight is 396 g/mol. The van der Waals surface area contributed by atoms with Crippen LogP contribution in [0.25, 0.3) is 0 Å². The van der Waals surface area contributed by atoms with Crippen LogP contribution >= 0.6 is 11.8 Å². The minimum atomic E-state index is -4.43. The Morgan fingerprint density at radius 2 is 1.85 bits per heavy atom. The number of ether oxygens (including phenoxy) is 1. The number of carbonyl (C=O) groups is 1. The van der Waals surface area contributed by atoms with Crippen LogP contribution in [0.4, 0.5) is 13.2 Å². The van der Waals surface area contributed by atoms with E-state index < -0.39 is 17.0 Å². The van der Waals surface area contributed by atoms with Crippen molar-refractivity contribution in [2.24, 2.45) is 5.73 Å². The van der Waals surface area contributed by atoms with E-state index in [1.165, 1.54) is 23.9 Å². The molecule has 2 aromatic rings. The van der Waals surface area contributed by atoms with Gasteiger partial charge in [-0.25, -0.2) is 0 Å². The standard InChI is InChI=1S/C19H19F3N2O2S/c20-19(21,22)13-4-2-6-16(10-13)26-15-5-1-3-12(9-15)17-18(25)24-14(11-23)7-8-27-17/h1-6,9-10,14,17H,7-8,11,23H2,(H,24,25)/t14-,17+/m1/s1. The molecule has 27 heavy (non-hydrogen) atoms. The minimum Gasteiger partial charge on any atom is -0.457 e. The normalized spacial score (nSPS) is 20.7. The van der Waals surface area contributed by atoms with Gasteiger partial charge in [0.25, 0.3) is 0 Å². The summed E-state index contributed by atoms with van der Waals surface area (Å²) < 4.78 is 44.1. The van der Waals surface area contributed by atoms with Gasteiger partial charge in [-0.05, 0) is 48.1 Å². The Morgan fingerprint density at radius 3 is 2.56 bits per heavy atom. The molecule has 8 heteroatoms. The largest absolute Gasteiger partial charge is 0.457 e. The molecule has 3 rings (SSSR count). The number of rotatable bonds is 4. The quantitative estimate of drug-likeness (QED) is 0.816. The summed E-state index contributed by atoms with van der Waals surface area (Å²) in [6.07, 6.45) is -3.64. The molecular weight excluding hydrogens is 377 g/mol. The summed E-state index contributed by atoms with van der Waals surface area (Å²) in [7, 11) is 0. The van der Waals surface area contributed by atoms with Crippen LogP contribution in [0.3, 0.4) is 0 Å². The number of thioether (sulfide) groups is 1. The molecule has 144 valence electrons. The fraction of sp³-hybridized carbons (Fsp3) is 0.316. The first-order valence-corrected chi connectivity index (χ1v) is 9.49. The maximum absolute atomic E-state index is 12.8. The Labute approximate surface area is 159 Å². The molecule has 2 atom stereocenters. The van der Waals surface area contributed by atoms with E-state index in [1.807, 2.05) is 0 Å². The van der Waals surface area contributed by atoms with Crippen LogP contribution in [-0.4, -0.2) is 24.2 Å². The molecule has 0 spiro atoms. The fourth-order valence-corrected chi connectivity index (χ4v) is 4.01. The van der Waals surface area contributed by atoms with Crippen LogP contribution in [0.1, 0.15) is 22.8 Å². The van der Waals surface area contributed by atoms with Gasteiger partial charge in [-0.15, -0.1) is 11.8 Å². The van der Waals surface area contributed by atoms with Gasteiger partial charge in [0.15, 0.2) is 0 Å². The molecule has 1 heterocycles. The highest BCUT2D eigenvalue weighted by Crippen LogP contribution is 2.36. The molecule has 0 saturated carbocycles. The van der Waals surface area contributed by atoms with Crippen LogP contribution in [0.2, 0.25) is 0 Å². The van der Waals surface area contributed by atoms with E-state index in [1.54, 1.807) is 24.3 Å². The summed E-state index contributed by atoms with van der Waals surface area (Å²) >= 11 is 1.51. The molecule has 1 amide bonds. The van der Waals surface area contributed by atoms with Crippen molar-refractivity contribution in [2.45, 2.75) is 23.9 Å². The first-order valence-electron chi connectivity index (χ1n) is 8.44. The second-order valence-corrected chi connectivity index (χ2v) is 7.39. The zero-order valence-corrected chi connectivity index (χ0v) is 15.1. The summed E-state index contributed by atoms with van der Waals surface area (Å²) in [5.41, 5.74) is 5.61. The van der Waals surface area contributed by atoms with Crippen LogP contribution in [0.5, 0.6) is 11.5 Å².